The van der Waals surface area contributed by atoms with Gasteiger partial charge in [0, 0.05) is 29.9 Å². The first kappa shape index (κ1) is 21.5. The largest absolute Gasteiger partial charge is 0.489 e. The van der Waals surface area contributed by atoms with Crippen molar-refractivity contribution in [1.82, 2.24) is 0 Å². The van der Waals surface area contributed by atoms with Crippen molar-refractivity contribution in [3.05, 3.63) is 112 Å². The lowest BCUT2D eigenvalue weighted by atomic mass is 9.74. The Balaban J connectivity index is 1.42. The van der Waals surface area contributed by atoms with E-state index < -0.39 is 5.92 Å². The van der Waals surface area contributed by atoms with Crippen molar-refractivity contribution < 1.29 is 23.1 Å². The lowest BCUT2D eigenvalue weighted by Crippen LogP contribution is -2.29. The first-order valence-corrected chi connectivity index (χ1v) is 10.9. The molecule has 0 saturated heterocycles. The maximum atomic E-state index is 13.8. The smallest absolute Gasteiger partial charge is 0.205 e. The Hall–Kier alpha value is -4.31. The van der Waals surface area contributed by atoms with E-state index in [1.807, 2.05) is 6.07 Å². The van der Waals surface area contributed by atoms with Gasteiger partial charge in [0.25, 0.3) is 0 Å². The predicted molar refractivity (Wildman–Crippen MR) is 121 cm³/mol. The lowest BCUT2D eigenvalue weighted by Gasteiger charge is -2.33. The second-order valence-electron chi connectivity index (χ2n) is 8.25. The minimum Gasteiger partial charge on any atom is -0.489 e. The number of carbonyl (C=O) groups excluding carboxylic acids is 1. The van der Waals surface area contributed by atoms with Gasteiger partial charge < -0.3 is 19.6 Å². The number of nitrogens with two attached hydrogens (primary N) is 1. The molecule has 2 aliphatic rings. The van der Waals surface area contributed by atoms with Crippen LogP contribution in [-0.4, -0.2) is 5.78 Å². The minimum atomic E-state index is -0.626. The maximum absolute atomic E-state index is 13.8. The molecular weight excluding hydrogens is 435 g/mol. The first-order valence-electron chi connectivity index (χ1n) is 10.9. The molecule has 170 valence electrons. The average Bonchev–Trinajstić information content (AvgIpc) is 3.38. The van der Waals surface area contributed by atoms with Gasteiger partial charge in [0.05, 0.1) is 12.2 Å². The number of nitriles is 1. The molecule has 2 heterocycles. The van der Waals surface area contributed by atoms with Crippen molar-refractivity contribution in [3.8, 4) is 11.8 Å². The van der Waals surface area contributed by atoms with Crippen LogP contribution in [0.2, 0.25) is 0 Å². The van der Waals surface area contributed by atoms with Crippen LogP contribution < -0.4 is 10.5 Å². The number of carbonyl (C=O) groups is 1. The molecular formula is C27H21FN2O4. The third-order valence-electron chi connectivity index (χ3n) is 6.17. The Kier molecular flexibility index (Phi) is 5.64. The highest BCUT2D eigenvalue weighted by Gasteiger charge is 2.41. The molecule has 1 aromatic heterocycles. The molecule has 0 spiro atoms. The van der Waals surface area contributed by atoms with Crippen molar-refractivity contribution in [2.24, 2.45) is 5.73 Å². The van der Waals surface area contributed by atoms with Crippen LogP contribution in [0.5, 0.6) is 5.75 Å². The highest BCUT2D eigenvalue weighted by molar-refractivity contribution is 6.00. The van der Waals surface area contributed by atoms with E-state index >= 15 is 0 Å². The van der Waals surface area contributed by atoms with Crippen LogP contribution in [0.15, 0.2) is 94.1 Å². The molecule has 0 saturated carbocycles. The molecule has 34 heavy (non-hydrogen) atoms. The summed E-state index contributed by atoms with van der Waals surface area (Å²) in [6.45, 7) is 0.0849. The maximum Gasteiger partial charge on any atom is 0.205 e. The number of hydrogen-bond acceptors (Lipinski definition) is 6. The number of ketones is 1. The van der Waals surface area contributed by atoms with Crippen LogP contribution in [0.25, 0.3) is 0 Å². The fraction of sp³-hybridized carbons (Fsp3) is 0.185. The summed E-state index contributed by atoms with van der Waals surface area (Å²) in [6.07, 6.45) is 2.29. The van der Waals surface area contributed by atoms with E-state index in [1.165, 1.54) is 6.07 Å². The van der Waals surface area contributed by atoms with E-state index in [4.69, 9.17) is 19.6 Å². The molecule has 1 aliphatic heterocycles. The Morgan fingerprint density at radius 2 is 1.88 bits per heavy atom. The molecule has 0 amide bonds. The van der Waals surface area contributed by atoms with Gasteiger partial charge in [0.15, 0.2) is 5.78 Å². The monoisotopic (exact) mass is 456 g/mol. The van der Waals surface area contributed by atoms with E-state index in [9.17, 15) is 14.4 Å². The molecule has 1 aliphatic carbocycles. The van der Waals surface area contributed by atoms with E-state index in [1.54, 1.807) is 54.8 Å². The third-order valence-corrected chi connectivity index (χ3v) is 6.17. The van der Waals surface area contributed by atoms with Crippen LogP contribution in [0.4, 0.5) is 4.39 Å². The summed E-state index contributed by atoms with van der Waals surface area (Å²) in [5.41, 5.74) is 7.92. The summed E-state index contributed by atoms with van der Waals surface area (Å²) < 4.78 is 30.8. The molecule has 3 aromatic rings. The Morgan fingerprint density at radius 1 is 1.09 bits per heavy atom. The summed E-state index contributed by atoms with van der Waals surface area (Å²) in [6, 6.07) is 19.2. The average molecular weight is 456 g/mol. The molecule has 2 atom stereocenters. The predicted octanol–water partition coefficient (Wildman–Crippen LogP) is 5.21. The van der Waals surface area contributed by atoms with Gasteiger partial charge in [-0.2, -0.15) is 5.26 Å². The van der Waals surface area contributed by atoms with Gasteiger partial charge in [-0.25, -0.2) is 4.39 Å². The molecule has 2 aromatic carbocycles. The zero-order valence-electron chi connectivity index (χ0n) is 18.2. The van der Waals surface area contributed by atoms with Crippen molar-refractivity contribution in [3.63, 3.8) is 0 Å². The van der Waals surface area contributed by atoms with Gasteiger partial charge in [0.1, 0.15) is 41.3 Å². The highest BCUT2D eigenvalue weighted by atomic mass is 19.1. The fourth-order valence-corrected chi connectivity index (χ4v) is 4.50. The fourth-order valence-electron chi connectivity index (χ4n) is 4.50. The number of halogens is 1. The second kappa shape index (κ2) is 8.91. The standard InChI is InChI=1S/C27H21FN2O4/c28-21-5-2-1-4-17(21)15-33-19-9-7-16(8-10-19)25-20(14-29)27(30)34-24-13-18(12-22(31)26(24)25)23-6-3-11-32-23/h1-11,18,25H,12-13,15,30H2/t18-,25+/m0/s1. The number of allylic oxidation sites excluding steroid dienone is 3. The molecule has 0 radical (unpaired) electrons. The first-order chi connectivity index (χ1) is 16.5. The number of benzene rings is 2. The van der Waals surface area contributed by atoms with Crippen molar-refractivity contribution in [1.29, 1.82) is 5.26 Å². The molecule has 7 heteroatoms. The van der Waals surface area contributed by atoms with Gasteiger partial charge in [-0.1, -0.05) is 30.3 Å². The van der Waals surface area contributed by atoms with E-state index in [2.05, 4.69) is 6.07 Å². The lowest BCUT2D eigenvalue weighted by molar-refractivity contribution is -0.117. The van der Waals surface area contributed by atoms with E-state index in [0.717, 1.165) is 5.56 Å². The molecule has 0 unspecified atom stereocenters. The summed E-state index contributed by atoms with van der Waals surface area (Å²) >= 11 is 0. The topological polar surface area (TPSA) is 98.5 Å². The molecule has 0 bridgehead atoms. The zero-order chi connectivity index (χ0) is 23.7. The Labute approximate surface area is 195 Å². The Bertz CT molecular complexity index is 1330. The summed E-state index contributed by atoms with van der Waals surface area (Å²) in [5.74, 6) is 0.517. The molecule has 5 rings (SSSR count). The quantitative estimate of drug-likeness (QED) is 0.566. The minimum absolute atomic E-state index is 0.000903. The van der Waals surface area contributed by atoms with Crippen molar-refractivity contribution >= 4 is 5.78 Å². The number of furan rings is 1. The summed E-state index contributed by atoms with van der Waals surface area (Å²) in [4.78, 5) is 13.2. The number of ether oxygens (including phenoxy) is 2. The van der Waals surface area contributed by atoms with Gasteiger partial charge in [0.2, 0.25) is 5.88 Å². The molecule has 2 N–H and O–H groups in total. The number of Topliss-reactive ketones (excluding diaryl/α,β-unsaturated/α-hetero) is 1. The van der Waals surface area contributed by atoms with Crippen LogP contribution in [-0.2, 0) is 16.1 Å². The van der Waals surface area contributed by atoms with Crippen LogP contribution >= 0.6 is 0 Å². The normalized spacial score (nSPS) is 19.9. The van der Waals surface area contributed by atoms with Crippen LogP contribution in [0.3, 0.4) is 0 Å². The summed E-state index contributed by atoms with van der Waals surface area (Å²) in [5, 5.41) is 9.79. The summed E-state index contributed by atoms with van der Waals surface area (Å²) in [7, 11) is 0. The van der Waals surface area contributed by atoms with Gasteiger partial charge in [-0.15, -0.1) is 0 Å². The van der Waals surface area contributed by atoms with Crippen molar-refractivity contribution in [2.75, 3.05) is 0 Å². The third kappa shape index (κ3) is 3.95. The SMILES string of the molecule is N#CC1=C(N)OC2=C(C(=O)C[C@H](c3ccco3)C2)[C@@H]1c1ccc(OCc2ccccc2F)cc1. The van der Waals surface area contributed by atoms with Gasteiger partial charge >= 0.3 is 0 Å². The zero-order valence-corrected chi connectivity index (χ0v) is 18.2. The molecule has 6 nitrogen and oxygen atoms in total. The van der Waals surface area contributed by atoms with E-state index in [0.29, 0.717) is 34.8 Å². The van der Waals surface area contributed by atoms with E-state index in [-0.39, 0.29) is 42.0 Å². The van der Waals surface area contributed by atoms with Gasteiger partial charge in [-0.05, 0) is 35.9 Å². The molecule has 0 fully saturated rings. The highest BCUT2D eigenvalue weighted by Crippen LogP contribution is 2.46. The number of nitrogens with zero attached hydrogens (tertiary/aromatic N) is 1. The number of hydrogen-bond donors (Lipinski definition) is 1. The Morgan fingerprint density at radius 3 is 2.59 bits per heavy atom. The van der Waals surface area contributed by atoms with Gasteiger partial charge in [-0.3, -0.25) is 4.79 Å². The van der Waals surface area contributed by atoms with Crippen LogP contribution in [0.1, 0.15) is 41.6 Å². The van der Waals surface area contributed by atoms with Crippen molar-refractivity contribution in [2.45, 2.75) is 31.3 Å². The van der Waals surface area contributed by atoms with Crippen LogP contribution in [0, 0.1) is 17.1 Å². The number of rotatable bonds is 5. The second-order valence-corrected chi connectivity index (χ2v) is 8.25.